The van der Waals surface area contributed by atoms with Gasteiger partial charge >= 0.3 is 0 Å². The second kappa shape index (κ2) is 8.03. The molecule has 1 N–H and O–H groups in total. The van der Waals surface area contributed by atoms with Gasteiger partial charge in [-0.3, -0.25) is 14.3 Å². The van der Waals surface area contributed by atoms with E-state index in [1.807, 2.05) is 37.5 Å². The van der Waals surface area contributed by atoms with Crippen LogP contribution >= 0.6 is 0 Å². The van der Waals surface area contributed by atoms with Gasteiger partial charge in [0.15, 0.2) is 0 Å². The van der Waals surface area contributed by atoms with Gasteiger partial charge in [-0.1, -0.05) is 18.2 Å². The first-order valence-electron chi connectivity index (χ1n) is 8.71. The summed E-state index contributed by atoms with van der Waals surface area (Å²) in [7, 11) is 3.46. The van der Waals surface area contributed by atoms with Crippen molar-refractivity contribution in [3.8, 4) is 5.75 Å². The Morgan fingerprint density at radius 1 is 1.38 bits per heavy atom. The number of nitrogens with one attached hydrogen (secondary N) is 1. The smallest absolute Gasteiger partial charge is 0.225 e. The number of nitrogens with zero attached hydrogens (tertiary/aromatic N) is 3. The number of carbonyl (C=O) groups is 2. The highest BCUT2D eigenvalue weighted by molar-refractivity contribution is 5.83. The van der Waals surface area contributed by atoms with Crippen LogP contribution < -0.4 is 10.1 Å². The number of rotatable bonds is 6. The van der Waals surface area contributed by atoms with E-state index in [-0.39, 0.29) is 17.7 Å². The molecule has 1 fully saturated rings. The van der Waals surface area contributed by atoms with Crippen LogP contribution in [0.5, 0.6) is 5.75 Å². The third-order valence-corrected chi connectivity index (χ3v) is 4.65. The van der Waals surface area contributed by atoms with Crippen molar-refractivity contribution in [2.45, 2.75) is 25.9 Å². The van der Waals surface area contributed by atoms with Crippen molar-refractivity contribution in [2.24, 2.45) is 13.0 Å². The Labute approximate surface area is 152 Å². The first kappa shape index (κ1) is 18.0. The zero-order valence-electron chi connectivity index (χ0n) is 15.1. The summed E-state index contributed by atoms with van der Waals surface area (Å²) in [4.78, 5) is 26.5. The Hall–Kier alpha value is -2.83. The number of hydrogen-bond donors (Lipinski definition) is 1. The van der Waals surface area contributed by atoms with Crippen molar-refractivity contribution in [1.82, 2.24) is 20.0 Å². The van der Waals surface area contributed by atoms with E-state index in [2.05, 4.69) is 10.4 Å². The molecule has 26 heavy (non-hydrogen) atoms. The van der Waals surface area contributed by atoms with E-state index in [0.29, 0.717) is 32.5 Å². The molecule has 0 spiro atoms. The van der Waals surface area contributed by atoms with Crippen LogP contribution in [-0.2, 0) is 29.7 Å². The summed E-state index contributed by atoms with van der Waals surface area (Å²) in [6.07, 6.45) is 4.58. The SMILES string of the molecule is COc1ccccc1CN1C[C@H](C(=O)NCc2cnn(C)c2)CCC1=O. The number of benzene rings is 1. The molecule has 7 nitrogen and oxygen atoms in total. The normalized spacial score (nSPS) is 17.2. The largest absolute Gasteiger partial charge is 0.496 e. The topological polar surface area (TPSA) is 76.5 Å². The van der Waals surface area contributed by atoms with E-state index in [0.717, 1.165) is 16.9 Å². The van der Waals surface area contributed by atoms with Gasteiger partial charge < -0.3 is 15.0 Å². The number of piperidine rings is 1. The van der Waals surface area contributed by atoms with E-state index in [1.54, 1.807) is 22.9 Å². The van der Waals surface area contributed by atoms with Gasteiger partial charge in [-0.25, -0.2) is 0 Å². The lowest BCUT2D eigenvalue weighted by Gasteiger charge is -2.32. The summed E-state index contributed by atoms with van der Waals surface area (Å²) in [5, 5.41) is 7.04. The molecule has 2 heterocycles. The monoisotopic (exact) mass is 356 g/mol. The molecule has 1 aromatic carbocycles. The summed E-state index contributed by atoms with van der Waals surface area (Å²) >= 11 is 0. The minimum atomic E-state index is -0.195. The molecule has 0 bridgehead atoms. The molecule has 0 aliphatic carbocycles. The van der Waals surface area contributed by atoms with Crippen LogP contribution in [0.4, 0.5) is 0 Å². The summed E-state index contributed by atoms with van der Waals surface area (Å²) in [5.41, 5.74) is 1.90. The second-order valence-electron chi connectivity index (χ2n) is 6.56. The van der Waals surface area contributed by atoms with E-state index in [9.17, 15) is 9.59 Å². The highest BCUT2D eigenvalue weighted by Gasteiger charge is 2.30. The second-order valence-corrected chi connectivity index (χ2v) is 6.56. The molecule has 3 rings (SSSR count). The molecule has 1 atom stereocenters. The Bertz CT molecular complexity index is 787. The Balaban J connectivity index is 1.60. The van der Waals surface area contributed by atoms with Gasteiger partial charge in [0.1, 0.15) is 5.75 Å². The number of aryl methyl sites for hydroxylation is 1. The van der Waals surface area contributed by atoms with Gasteiger partial charge in [0.2, 0.25) is 11.8 Å². The van der Waals surface area contributed by atoms with Gasteiger partial charge in [-0.15, -0.1) is 0 Å². The molecule has 138 valence electrons. The van der Waals surface area contributed by atoms with Gasteiger partial charge in [0.05, 0.1) is 19.2 Å². The fraction of sp³-hybridized carbons (Fsp3) is 0.421. The van der Waals surface area contributed by atoms with Gasteiger partial charge in [-0.2, -0.15) is 5.10 Å². The van der Waals surface area contributed by atoms with Crippen LogP contribution in [-0.4, -0.2) is 40.1 Å². The standard InChI is InChI=1S/C19H24N4O3/c1-22-11-14(10-21-22)9-20-19(25)16-7-8-18(24)23(13-16)12-15-5-3-4-6-17(15)26-2/h3-6,10-11,16H,7-9,12-13H2,1-2H3,(H,20,25)/t16-/m1/s1. The van der Waals surface area contributed by atoms with Gasteiger partial charge in [0.25, 0.3) is 0 Å². The van der Waals surface area contributed by atoms with Crippen LogP contribution in [0, 0.1) is 5.92 Å². The number of carbonyl (C=O) groups excluding carboxylic acids is 2. The summed E-state index contributed by atoms with van der Waals surface area (Å²) in [6, 6.07) is 7.64. The summed E-state index contributed by atoms with van der Waals surface area (Å²) in [5.74, 6) is 0.612. The van der Waals surface area contributed by atoms with Crippen molar-refractivity contribution in [1.29, 1.82) is 0 Å². The van der Waals surface area contributed by atoms with E-state index in [4.69, 9.17) is 4.74 Å². The predicted octanol–water partition coefficient (Wildman–Crippen LogP) is 1.48. The van der Waals surface area contributed by atoms with E-state index >= 15 is 0 Å². The number of hydrogen-bond acceptors (Lipinski definition) is 4. The minimum absolute atomic E-state index is 0.0219. The number of aromatic nitrogens is 2. The maximum absolute atomic E-state index is 12.5. The lowest BCUT2D eigenvalue weighted by Crippen LogP contribution is -2.45. The molecule has 1 aromatic heterocycles. The van der Waals surface area contributed by atoms with Crippen LogP contribution in [0.1, 0.15) is 24.0 Å². The highest BCUT2D eigenvalue weighted by atomic mass is 16.5. The summed E-state index contributed by atoms with van der Waals surface area (Å²) in [6.45, 7) is 1.33. The van der Waals surface area contributed by atoms with Gasteiger partial charge in [0, 0.05) is 50.4 Å². The van der Waals surface area contributed by atoms with Crippen LogP contribution in [0.25, 0.3) is 0 Å². The fourth-order valence-corrected chi connectivity index (χ4v) is 3.22. The maximum atomic E-state index is 12.5. The molecule has 0 saturated carbocycles. The predicted molar refractivity (Wildman–Crippen MR) is 96.2 cm³/mol. The first-order valence-corrected chi connectivity index (χ1v) is 8.71. The van der Waals surface area contributed by atoms with Crippen LogP contribution in [0.15, 0.2) is 36.7 Å². The van der Waals surface area contributed by atoms with Crippen molar-refractivity contribution < 1.29 is 14.3 Å². The minimum Gasteiger partial charge on any atom is -0.496 e. The molecule has 1 aliphatic heterocycles. The Kier molecular flexibility index (Phi) is 5.55. The fourth-order valence-electron chi connectivity index (χ4n) is 3.22. The Morgan fingerprint density at radius 3 is 2.92 bits per heavy atom. The number of para-hydroxylation sites is 1. The van der Waals surface area contributed by atoms with Crippen molar-refractivity contribution in [2.75, 3.05) is 13.7 Å². The maximum Gasteiger partial charge on any atom is 0.225 e. The quantitative estimate of drug-likeness (QED) is 0.851. The van der Waals surface area contributed by atoms with E-state index < -0.39 is 0 Å². The first-order chi connectivity index (χ1) is 12.6. The third-order valence-electron chi connectivity index (χ3n) is 4.65. The van der Waals surface area contributed by atoms with Crippen molar-refractivity contribution >= 4 is 11.8 Å². The van der Waals surface area contributed by atoms with Gasteiger partial charge in [-0.05, 0) is 12.5 Å². The molecule has 1 saturated heterocycles. The van der Waals surface area contributed by atoms with Crippen molar-refractivity contribution in [3.63, 3.8) is 0 Å². The Morgan fingerprint density at radius 2 is 2.19 bits per heavy atom. The van der Waals surface area contributed by atoms with Crippen LogP contribution in [0.3, 0.4) is 0 Å². The number of likely N-dealkylation sites (tertiary alicyclic amines) is 1. The molecule has 0 unspecified atom stereocenters. The molecule has 0 radical (unpaired) electrons. The molecule has 2 amide bonds. The number of amides is 2. The lowest BCUT2D eigenvalue weighted by molar-refractivity contribution is -0.139. The highest BCUT2D eigenvalue weighted by Crippen LogP contribution is 2.24. The molecular formula is C19H24N4O3. The zero-order valence-corrected chi connectivity index (χ0v) is 15.1. The lowest BCUT2D eigenvalue weighted by atomic mass is 9.96. The molecule has 2 aromatic rings. The molecule has 1 aliphatic rings. The van der Waals surface area contributed by atoms with E-state index in [1.165, 1.54) is 0 Å². The molecule has 7 heteroatoms. The molecular weight excluding hydrogens is 332 g/mol. The average Bonchev–Trinajstić information content (AvgIpc) is 3.07. The zero-order chi connectivity index (χ0) is 18.5. The number of methoxy groups -OCH3 is 1. The number of ether oxygens (including phenoxy) is 1. The van der Waals surface area contributed by atoms with Crippen LogP contribution in [0.2, 0.25) is 0 Å². The third kappa shape index (κ3) is 4.22. The van der Waals surface area contributed by atoms with Crippen molar-refractivity contribution in [3.05, 3.63) is 47.8 Å². The average molecular weight is 356 g/mol. The summed E-state index contributed by atoms with van der Waals surface area (Å²) < 4.78 is 7.06.